The molecule has 1 atom stereocenters. The largest absolute Gasteiger partial charge is 0.396 e. The molecular formula is C11H15F2NO. The number of aliphatic hydroxyl groups is 1. The molecule has 0 fully saturated rings. The summed E-state index contributed by atoms with van der Waals surface area (Å²) in [5.41, 5.74) is 5.12. The van der Waals surface area contributed by atoms with Crippen LogP contribution in [0.2, 0.25) is 0 Å². The van der Waals surface area contributed by atoms with Gasteiger partial charge < -0.3 is 10.8 Å². The monoisotopic (exact) mass is 215 g/mol. The predicted octanol–water partition coefficient (Wildman–Crippen LogP) is 1.46. The highest BCUT2D eigenvalue weighted by Crippen LogP contribution is 2.22. The van der Waals surface area contributed by atoms with Gasteiger partial charge in [-0.25, -0.2) is 8.78 Å². The van der Waals surface area contributed by atoms with E-state index in [0.29, 0.717) is 0 Å². The third-order valence-corrected chi connectivity index (χ3v) is 2.50. The molecule has 1 rings (SSSR count). The van der Waals surface area contributed by atoms with Crippen molar-refractivity contribution in [3.63, 3.8) is 0 Å². The van der Waals surface area contributed by atoms with Crippen LogP contribution in [-0.4, -0.2) is 18.3 Å². The Kier molecular flexibility index (Phi) is 3.77. The zero-order valence-corrected chi connectivity index (χ0v) is 8.63. The van der Waals surface area contributed by atoms with Gasteiger partial charge in [-0.1, -0.05) is 6.92 Å². The lowest BCUT2D eigenvalue weighted by atomic mass is 9.84. The molecule has 0 aliphatic rings. The lowest BCUT2D eigenvalue weighted by molar-refractivity contribution is 0.148. The first-order valence-electron chi connectivity index (χ1n) is 4.75. The smallest absolute Gasteiger partial charge is 0.126 e. The van der Waals surface area contributed by atoms with Crippen molar-refractivity contribution in [2.45, 2.75) is 13.3 Å². The number of hydrogen-bond acceptors (Lipinski definition) is 2. The van der Waals surface area contributed by atoms with Gasteiger partial charge in [0.2, 0.25) is 0 Å². The summed E-state index contributed by atoms with van der Waals surface area (Å²) in [7, 11) is 0. The molecule has 1 aromatic carbocycles. The molecule has 84 valence electrons. The lowest BCUT2D eigenvalue weighted by Gasteiger charge is -2.25. The van der Waals surface area contributed by atoms with Gasteiger partial charge in [-0.2, -0.15) is 0 Å². The van der Waals surface area contributed by atoms with Crippen LogP contribution in [0.15, 0.2) is 18.2 Å². The van der Waals surface area contributed by atoms with Gasteiger partial charge in [0.25, 0.3) is 0 Å². The molecule has 0 heterocycles. The van der Waals surface area contributed by atoms with E-state index in [4.69, 9.17) is 10.8 Å². The van der Waals surface area contributed by atoms with Gasteiger partial charge in [-0.15, -0.1) is 0 Å². The molecule has 1 unspecified atom stereocenters. The maximum absolute atomic E-state index is 13.3. The number of aliphatic hydroxyl groups excluding tert-OH is 1. The minimum Gasteiger partial charge on any atom is -0.396 e. The summed E-state index contributed by atoms with van der Waals surface area (Å²) in [6, 6.07) is 3.29. The van der Waals surface area contributed by atoms with Crippen LogP contribution >= 0.6 is 0 Å². The van der Waals surface area contributed by atoms with Crippen molar-refractivity contribution in [3.05, 3.63) is 35.4 Å². The SMILES string of the molecule is CC(CN)(CO)Cc1cc(F)ccc1F. The van der Waals surface area contributed by atoms with Crippen LogP contribution in [-0.2, 0) is 6.42 Å². The van der Waals surface area contributed by atoms with Crippen LogP contribution in [0, 0.1) is 17.0 Å². The van der Waals surface area contributed by atoms with E-state index in [2.05, 4.69) is 0 Å². The van der Waals surface area contributed by atoms with Crippen molar-refractivity contribution >= 4 is 0 Å². The van der Waals surface area contributed by atoms with Gasteiger partial charge in [0, 0.05) is 18.6 Å². The normalized spacial score (nSPS) is 15.0. The Morgan fingerprint density at radius 3 is 2.60 bits per heavy atom. The molecular weight excluding hydrogens is 200 g/mol. The van der Waals surface area contributed by atoms with Gasteiger partial charge in [0.1, 0.15) is 11.6 Å². The molecule has 0 aliphatic carbocycles. The Labute approximate surface area is 87.7 Å². The van der Waals surface area contributed by atoms with Gasteiger partial charge >= 0.3 is 0 Å². The number of nitrogens with two attached hydrogens (primary N) is 1. The average Bonchev–Trinajstić information content (AvgIpc) is 2.23. The van der Waals surface area contributed by atoms with E-state index in [1.165, 1.54) is 0 Å². The fourth-order valence-electron chi connectivity index (χ4n) is 1.33. The van der Waals surface area contributed by atoms with E-state index in [-0.39, 0.29) is 25.1 Å². The van der Waals surface area contributed by atoms with Crippen molar-refractivity contribution in [2.75, 3.05) is 13.2 Å². The molecule has 0 radical (unpaired) electrons. The van der Waals surface area contributed by atoms with Crippen LogP contribution in [0.5, 0.6) is 0 Å². The zero-order chi connectivity index (χ0) is 11.5. The molecule has 0 saturated heterocycles. The van der Waals surface area contributed by atoms with Crippen LogP contribution in [0.25, 0.3) is 0 Å². The summed E-state index contributed by atoms with van der Waals surface area (Å²) >= 11 is 0. The Balaban J connectivity index is 2.92. The second-order valence-electron chi connectivity index (χ2n) is 4.09. The Morgan fingerprint density at radius 2 is 2.07 bits per heavy atom. The highest BCUT2D eigenvalue weighted by Gasteiger charge is 2.23. The van der Waals surface area contributed by atoms with Crippen LogP contribution < -0.4 is 5.73 Å². The van der Waals surface area contributed by atoms with E-state index in [1.54, 1.807) is 6.92 Å². The van der Waals surface area contributed by atoms with Crippen molar-refractivity contribution < 1.29 is 13.9 Å². The van der Waals surface area contributed by atoms with E-state index in [9.17, 15) is 8.78 Å². The van der Waals surface area contributed by atoms with Crippen LogP contribution in [0.4, 0.5) is 8.78 Å². The molecule has 0 bridgehead atoms. The molecule has 0 spiro atoms. The molecule has 3 N–H and O–H groups in total. The fraction of sp³-hybridized carbons (Fsp3) is 0.455. The van der Waals surface area contributed by atoms with E-state index in [0.717, 1.165) is 18.2 Å². The molecule has 0 amide bonds. The number of benzene rings is 1. The molecule has 0 saturated carbocycles. The zero-order valence-electron chi connectivity index (χ0n) is 8.63. The van der Waals surface area contributed by atoms with Crippen molar-refractivity contribution in [1.29, 1.82) is 0 Å². The summed E-state index contributed by atoms with van der Waals surface area (Å²) in [4.78, 5) is 0. The number of hydrogen-bond donors (Lipinski definition) is 2. The topological polar surface area (TPSA) is 46.2 Å². The van der Waals surface area contributed by atoms with Gasteiger partial charge in [-0.3, -0.25) is 0 Å². The minimum atomic E-state index is -0.603. The molecule has 1 aromatic rings. The van der Waals surface area contributed by atoms with Crippen molar-refractivity contribution in [3.8, 4) is 0 Å². The minimum absolute atomic E-state index is 0.153. The van der Waals surface area contributed by atoms with E-state index < -0.39 is 17.0 Å². The summed E-state index contributed by atoms with van der Waals surface area (Å²) in [5, 5.41) is 9.11. The maximum atomic E-state index is 13.3. The summed E-state index contributed by atoms with van der Waals surface area (Å²) in [6.07, 6.45) is 0.226. The third kappa shape index (κ3) is 2.97. The highest BCUT2D eigenvalue weighted by atomic mass is 19.1. The molecule has 0 aliphatic heterocycles. The first-order chi connectivity index (χ1) is 7.00. The van der Waals surface area contributed by atoms with Crippen LogP contribution in [0.1, 0.15) is 12.5 Å². The fourth-order valence-corrected chi connectivity index (χ4v) is 1.33. The van der Waals surface area contributed by atoms with Gasteiger partial charge in [0.05, 0.1) is 0 Å². The predicted molar refractivity (Wildman–Crippen MR) is 54.3 cm³/mol. The molecule has 0 aromatic heterocycles. The first-order valence-corrected chi connectivity index (χ1v) is 4.75. The molecule has 4 heteroatoms. The van der Waals surface area contributed by atoms with Crippen molar-refractivity contribution in [2.24, 2.45) is 11.1 Å². The lowest BCUT2D eigenvalue weighted by Crippen LogP contribution is -2.33. The first kappa shape index (κ1) is 12.1. The van der Waals surface area contributed by atoms with Crippen molar-refractivity contribution in [1.82, 2.24) is 0 Å². The highest BCUT2D eigenvalue weighted by molar-refractivity contribution is 5.20. The second-order valence-corrected chi connectivity index (χ2v) is 4.09. The van der Waals surface area contributed by atoms with E-state index >= 15 is 0 Å². The Hall–Kier alpha value is -1.00. The molecule has 2 nitrogen and oxygen atoms in total. The number of rotatable bonds is 4. The second kappa shape index (κ2) is 4.68. The van der Waals surface area contributed by atoms with Gasteiger partial charge in [0.15, 0.2) is 0 Å². The summed E-state index contributed by atoms with van der Waals surface area (Å²) in [5.74, 6) is -0.951. The van der Waals surface area contributed by atoms with E-state index in [1.807, 2.05) is 0 Å². The average molecular weight is 215 g/mol. The molecule has 15 heavy (non-hydrogen) atoms. The van der Waals surface area contributed by atoms with Gasteiger partial charge in [-0.05, 0) is 30.2 Å². The Bertz CT molecular complexity index is 337. The standard InChI is InChI=1S/C11H15F2NO/c1-11(6-14,7-15)5-8-4-9(12)2-3-10(8)13/h2-4,15H,5-7,14H2,1H3. The summed E-state index contributed by atoms with van der Waals surface area (Å²) in [6.45, 7) is 1.80. The number of halogens is 2. The Morgan fingerprint density at radius 1 is 1.40 bits per heavy atom. The van der Waals surface area contributed by atoms with Crippen LogP contribution in [0.3, 0.4) is 0 Å². The third-order valence-electron chi connectivity index (χ3n) is 2.50. The quantitative estimate of drug-likeness (QED) is 0.798. The maximum Gasteiger partial charge on any atom is 0.126 e. The summed E-state index contributed by atoms with van der Waals surface area (Å²) < 4.78 is 26.2.